The van der Waals surface area contributed by atoms with Crippen molar-refractivity contribution in [1.29, 1.82) is 0 Å². The van der Waals surface area contributed by atoms with Crippen molar-refractivity contribution < 1.29 is 4.74 Å². The molecule has 8 heteroatoms. The number of aromatic nitrogens is 1. The molecule has 2 N–H and O–H groups in total. The number of aliphatic imine (C=N–C) groups is 1. The van der Waals surface area contributed by atoms with E-state index in [0.29, 0.717) is 19.1 Å². The van der Waals surface area contributed by atoms with E-state index in [1.165, 1.54) is 0 Å². The van der Waals surface area contributed by atoms with E-state index >= 15 is 0 Å². The van der Waals surface area contributed by atoms with E-state index in [0.717, 1.165) is 42.4 Å². The minimum atomic E-state index is 0. The zero-order chi connectivity index (χ0) is 16.8. The van der Waals surface area contributed by atoms with Gasteiger partial charge in [-0.1, -0.05) is 24.3 Å². The molecule has 6 nitrogen and oxygen atoms in total. The van der Waals surface area contributed by atoms with Gasteiger partial charge >= 0.3 is 0 Å². The quantitative estimate of drug-likeness (QED) is 0.411. The molecule has 0 saturated carbocycles. The fourth-order valence-electron chi connectivity index (χ4n) is 2.68. The Labute approximate surface area is 169 Å². The molecule has 1 aliphatic heterocycles. The molecule has 0 aliphatic carbocycles. The van der Waals surface area contributed by atoms with Crippen LogP contribution in [0.1, 0.15) is 11.1 Å². The van der Waals surface area contributed by atoms with Gasteiger partial charge < -0.3 is 20.3 Å². The van der Waals surface area contributed by atoms with Crippen molar-refractivity contribution >= 4 is 46.4 Å². The lowest BCUT2D eigenvalue weighted by molar-refractivity contribution is 0.185. The van der Waals surface area contributed by atoms with Gasteiger partial charge in [0.1, 0.15) is 0 Å². The number of anilines is 1. The Bertz CT molecular complexity index is 654. The number of hydrogen-bond acceptors (Lipinski definition) is 5. The van der Waals surface area contributed by atoms with E-state index in [1.54, 1.807) is 18.4 Å². The fraction of sp³-hybridized carbons (Fsp3) is 0.412. The van der Waals surface area contributed by atoms with Crippen molar-refractivity contribution in [3.8, 4) is 0 Å². The lowest BCUT2D eigenvalue weighted by atomic mass is 10.1. The number of thiazole rings is 1. The molecule has 25 heavy (non-hydrogen) atoms. The van der Waals surface area contributed by atoms with Gasteiger partial charge in [0.25, 0.3) is 0 Å². The topological polar surface area (TPSA) is 67.0 Å². The summed E-state index contributed by atoms with van der Waals surface area (Å²) in [6, 6.07) is 8.28. The predicted molar refractivity (Wildman–Crippen MR) is 114 cm³/mol. The number of benzene rings is 1. The average molecular weight is 473 g/mol. The molecule has 0 bridgehead atoms. The van der Waals surface area contributed by atoms with Crippen LogP contribution in [0.3, 0.4) is 0 Å². The van der Waals surface area contributed by atoms with Crippen LogP contribution in [0.4, 0.5) is 5.13 Å². The van der Waals surface area contributed by atoms with Gasteiger partial charge in [0.05, 0.1) is 13.2 Å². The third-order valence-corrected chi connectivity index (χ3v) is 4.88. The Morgan fingerprint density at radius 1 is 1.20 bits per heavy atom. The molecule has 1 aliphatic rings. The molecule has 0 amide bonds. The monoisotopic (exact) mass is 473 g/mol. The highest BCUT2D eigenvalue weighted by molar-refractivity contribution is 14.0. The van der Waals surface area contributed by atoms with Crippen LogP contribution in [-0.2, 0) is 17.9 Å². The van der Waals surface area contributed by atoms with Crippen LogP contribution in [0.25, 0.3) is 0 Å². The summed E-state index contributed by atoms with van der Waals surface area (Å²) in [5.74, 6) is 0.620. The van der Waals surface area contributed by atoms with Gasteiger partial charge in [-0.25, -0.2) is 9.98 Å². The summed E-state index contributed by atoms with van der Waals surface area (Å²) in [5.41, 5.74) is 8.48. The van der Waals surface area contributed by atoms with E-state index in [9.17, 15) is 0 Å². The van der Waals surface area contributed by atoms with E-state index in [1.807, 2.05) is 11.6 Å². The van der Waals surface area contributed by atoms with E-state index in [2.05, 4.69) is 44.0 Å². The molecular formula is C17H24IN5OS. The van der Waals surface area contributed by atoms with Crippen molar-refractivity contribution in [3.63, 3.8) is 0 Å². The molecule has 1 fully saturated rings. The summed E-state index contributed by atoms with van der Waals surface area (Å²) in [4.78, 5) is 13.3. The SMILES string of the molecule is COCc1ccc(CN=C(N)N2CCN(c3nccs3)CC2)cc1.I. The van der Waals surface area contributed by atoms with Crippen LogP contribution in [0.5, 0.6) is 0 Å². The number of hydrogen-bond donors (Lipinski definition) is 1. The lowest BCUT2D eigenvalue weighted by Gasteiger charge is -2.35. The Hall–Kier alpha value is -1.39. The minimum absolute atomic E-state index is 0. The Balaban J connectivity index is 0.00000225. The first-order valence-electron chi connectivity index (χ1n) is 8.02. The second-order valence-electron chi connectivity index (χ2n) is 5.71. The first-order valence-corrected chi connectivity index (χ1v) is 8.90. The number of piperazine rings is 1. The molecule has 0 radical (unpaired) electrons. The summed E-state index contributed by atoms with van der Waals surface area (Å²) in [6.45, 7) is 4.84. The molecule has 2 heterocycles. The molecule has 1 saturated heterocycles. The molecule has 3 rings (SSSR count). The van der Waals surface area contributed by atoms with Crippen molar-refractivity contribution in [2.45, 2.75) is 13.2 Å². The second-order valence-corrected chi connectivity index (χ2v) is 6.59. The number of halogens is 1. The van der Waals surface area contributed by atoms with Crippen molar-refractivity contribution in [3.05, 3.63) is 47.0 Å². The summed E-state index contributed by atoms with van der Waals surface area (Å²) < 4.78 is 5.12. The summed E-state index contributed by atoms with van der Waals surface area (Å²) >= 11 is 1.68. The largest absolute Gasteiger partial charge is 0.380 e. The van der Waals surface area contributed by atoms with Gasteiger partial charge in [0.2, 0.25) is 0 Å². The van der Waals surface area contributed by atoms with Crippen molar-refractivity contribution in [1.82, 2.24) is 9.88 Å². The highest BCUT2D eigenvalue weighted by Crippen LogP contribution is 2.18. The van der Waals surface area contributed by atoms with E-state index < -0.39 is 0 Å². The van der Waals surface area contributed by atoms with Crippen molar-refractivity contribution in [2.24, 2.45) is 10.7 Å². The molecule has 2 aromatic rings. The normalized spacial score (nSPS) is 15.2. The van der Waals surface area contributed by atoms with Crippen LogP contribution in [-0.4, -0.2) is 49.1 Å². The highest BCUT2D eigenvalue weighted by atomic mass is 127. The zero-order valence-electron chi connectivity index (χ0n) is 14.3. The smallest absolute Gasteiger partial charge is 0.191 e. The van der Waals surface area contributed by atoms with Gasteiger partial charge in [0, 0.05) is 44.9 Å². The number of guanidine groups is 1. The van der Waals surface area contributed by atoms with Gasteiger partial charge in [0.15, 0.2) is 11.1 Å². The van der Waals surface area contributed by atoms with E-state index in [4.69, 9.17) is 10.5 Å². The second kappa shape index (κ2) is 9.93. The summed E-state index contributed by atoms with van der Waals surface area (Å²) in [7, 11) is 1.70. The van der Waals surface area contributed by atoms with Crippen LogP contribution >= 0.6 is 35.3 Å². The molecule has 136 valence electrons. The molecule has 0 spiro atoms. The molecular weight excluding hydrogens is 449 g/mol. The van der Waals surface area contributed by atoms with E-state index in [-0.39, 0.29) is 24.0 Å². The molecule has 1 aromatic heterocycles. The van der Waals surface area contributed by atoms with Gasteiger partial charge in [-0.15, -0.1) is 35.3 Å². The van der Waals surface area contributed by atoms with Crippen LogP contribution in [0.15, 0.2) is 40.8 Å². The Kier molecular flexibility index (Phi) is 7.91. The summed E-state index contributed by atoms with van der Waals surface area (Å²) in [6.07, 6.45) is 1.85. The predicted octanol–water partition coefficient (Wildman–Crippen LogP) is 2.54. The first-order chi connectivity index (χ1) is 11.8. The lowest BCUT2D eigenvalue weighted by Crippen LogP contribution is -2.51. The highest BCUT2D eigenvalue weighted by Gasteiger charge is 2.19. The average Bonchev–Trinajstić information content (AvgIpc) is 3.16. The molecule has 0 unspecified atom stereocenters. The van der Waals surface area contributed by atoms with Crippen LogP contribution in [0.2, 0.25) is 0 Å². The Morgan fingerprint density at radius 2 is 1.88 bits per heavy atom. The number of nitrogens with zero attached hydrogens (tertiary/aromatic N) is 4. The third kappa shape index (κ3) is 5.55. The maximum absolute atomic E-state index is 6.16. The van der Waals surface area contributed by atoms with Gasteiger partial charge in [-0.2, -0.15) is 0 Å². The fourth-order valence-corrected chi connectivity index (χ4v) is 3.38. The van der Waals surface area contributed by atoms with Gasteiger partial charge in [-0.05, 0) is 11.1 Å². The standard InChI is InChI=1S/C17H23N5OS.HI/c1-23-13-15-4-2-14(3-5-15)12-20-16(18)21-7-9-22(10-8-21)17-19-6-11-24-17;/h2-6,11H,7-10,12-13H2,1H3,(H2,18,20);1H. The number of ether oxygens (including phenoxy) is 1. The first kappa shape index (κ1) is 19.9. The third-order valence-electron chi connectivity index (χ3n) is 4.05. The Morgan fingerprint density at radius 3 is 2.48 bits per heavy atom. The molecule has 1 aromatic carbocycles. The minimum Gasteiger partial charge on any atom is -0.380 e. The number of methoxy groups -OCH3 is 1. The van der Waals surface area contributed by atoms with Crippen LogP contribution in [0, 0.1) is 0 Å². The maximum atomic E-state index is 6.16. The maximum Gasteiger partial charge on any atom is 0.191 e. The summed E-state index contributed by atoms with van der Waals surface area (Å²) in [5, 5.41) is 3.09. The zero-order valence-corrected chi connectivity index (χ0v) is 17.4. The molecule has 0 atom stereocenters. The number of rotatable bonds is 5. The number of nitrogens with two attached hydrogens (primary N) is 1. The van der Waals surface area contributed by atoms with Crippen molar-refractivity contribution in [2.75, 3.05) is 38.2 Å². The van der Waals surface area contributed by atoms with Gasteiger partial charge in [-0.3, -0.25) is 0 Å². The van der Waals surface area contributed by atoms with Crippen LogP contribution < -0.4 is 10.6 Å².